The van der Waals surface area contributed by atoms with E-state index in [1.54, 1.807) is 0 Å². The second kappa shape index (κ2) is 4.71. The van der Waals surface area contributed by atoms with Crippen LogP contribution in [0.25, 0.3) is 0 Å². The number of nitro groups is 1. The summed E-state index contributed by atoms with van der Waals surface area (Å²) in [5, 5.41) is 19.5. The van der Waals surface area contributed by atoms with Crippen molar-refractivity contribution < 1.29 is 19.6 Å². The predicted molar refractivity (Wildman–Crippen MR) is 61.4 cm³/mol. The van der Waals surface area contributed by atoms with Gasteiger partial charge in [-0.25, -0.2) is 9.78 Å². The molecule has 1 rings (SSSR count). The topological polar surface area (TPSA) is 103 Å². The Balaban J connectivity index is 3.29. The van der Waals surface area contributed by atoms with Gasteiger partial charge >= 0.3 is 11.7 Å². The van der Waals surface area contributed by atoms with Gasteiger partial charge < -0.3 is 9.84 Å². The zero-order valence-corrected chi connectivity index (χ0v) is 9.71. The molecule has 1 heterocycles. The first-order valence-electron chi connectivity index (χ1n) is 4.82. The van der Waals surface area contributed by atoms with Gasteiger partial charge in [-0.3, -0.25) is 10.1 Å². The molecule has 18 heavy (non-hydrogen) atoms. The summed E-state index contributed by atoms with van der Waals surface area (Å²) in [6, 6.07) is 2.04. The SMILES string of the molecule is C#CC(C)(C)Oc1nc(C(=O)O)ccc1[N+](=O)[O-]. The number of ether oxygens (including phenoxy) is 1. The molecule has 0 aliphatic rings. The molecule has 0 unspecified atom stereocenters. The Morgan fingerprint density at radius 1 is 1.61 bits per heavy atom. The van der Waals surface area contributed by atoms with Crippen molar-refractivity contribution in [2.24, 2.45) is 0 Å². The summed E-state index contributed by atoms with van der Waals surface area (Å²) in [7, 11) is 0. The number of carboxylic acid groups (broad SMARTS) is 1. The molecule has 0 fully saturated rings. The highest BCUT2D eigenvalue weighted by Gasteiger charge is 2.25. The molecule has 0 saturated carbocycles. The van der Waals surface area contributed by atoms with Crippen LogP contribution in [0.1, 0.15) is 24.3 Å². The third kappa shape index (κ3) is 2.95. The minimum Gasteiger partial charge on any atom is -0.477 e. The second-order valence-electron chi connectivity index (χ2n) is 3.84. The quantitative estimate of drug-likeness (QED) is 0.493. The first-order chi connectivity index (χ1) is 8.26. The summed E-state index contributed by atoms with van der Waals surface area (Å²) >= 11 is 0. The highest BCUT2D eigenvalue weighted by atomic mass is 16.6. The van der Waals surface area contributed by atoms with Crippen molar-refractivity contribution in [1.29, 1.82) is 0 Å². The van der Waals surface area contributed by atoms with Crippen LogP contribution in [0.3, 0.4) is 0 Å². The van der Waals surface area contributed by atoms with E-state index in [1.165, 1.54) is 13.8 Å². The lowest BCUT2D eigenvalue weighted by Crippen LogP contribution is -2.26. The molecule has 7 nitrogen and oxygen atoms in total. The lowest BCUT2D eigenvalue weighted by molar-refractivity contribution is -0.386. The molecule has 0 radical (unpaired) electrons. The Morgan fingerprint density at radius 2 is 2.22 bits per heavy atom. The Hall–Kier alpha value is -2.62. The molecular formula is C11H10N2O5. The Kier molecular flexibility index (Phi) is 3.52. The maximum atomic E-state index is 10.8. The second-order valence-corrected chi connectivity index (χ2v) is 3.84. The van der Waals surface area contributed by atoms with Crippen LogP contribution >= 0.6 is 0 Å². The van der Waals surface area contributed by atoms with Gasteiger partial charge in [0.15, 0.2) is 11.3 Å². The monoisotopic (exact) mass is 250 g/mol. The van der Waals surface area contributed by atoms with Gasteiger partial charge in [0.05, 0.1) is 4.92 Å². The van der Waals surface area contributed by atoms with Crippen LogP contribution < -0.4 is 4.74 Å². The van der Waals surface area contributed by atoms with Crippen LogP contribution in [0.5, 0.6) is 5.88 Å². The van der Waals surface area contributed by atoms with Gasteiger partial charge in [0.2, 0.25) is 0 Å². The summed E-state index contributed by atoms with van der Waals surface area (Å²) in [5.74, 6) is 0.547. The summed E-state index contributed by atoms with van der Waals surface area (Å²) < 4.78 is 5.18. The number of carboxylic acids is 1. The van der Waals surface area contributed by atoms with Gasteiger partial charge in [-0.15, -0.1) is 6.42 Å². The molecule has 1 aromatic heterocycles. The molecule has 0 spiro atoms. The van der Waals surface area contributed by atoms with Gasteiger partial charge in [0, 0.05) is 6.07 Å². The van der Waals surface area contributed by atoms with E-state index in [1.807, 2.05) is 0 Å². The molecule has 0 saturated heterocycles. The number of pyridine rings is 1. The summed E-state index contributed by atoms with van der Waals surface area (Å²) in [4.78, 5) is 24.4. The molecule has 0 atom stereocenters. The van der Waals surface area contributed by atoms with Crippen molar-refractivity contribution in [2.75, 3.05) is 0 Å². The number of aromatic carboxylic acids is 1. The van der Waals surface area contributed by atoms with E-state index in [0.717, 1.165) is 12.1 Å². The van der Waals surface area contributed by atoms with Crippen molar-refractivity contribution >= 4 is 11.7 Å². The van der Waals surface area contributed by atoms with E-state index in [0.29, 0.717) is 0 Å². The summed E-state index contributed by atoms with van der Waals surface area (Å²) in [5.41, 5.74) is -1.93. The molecular weight excluding hydrogens is 240 g/mol. The van der Waals surface area contributed by atoms with Crippen molar-refractivity contribution in [3.05, 3.63) is 27.9 Å². The molecule has 0 aliphatic heterocycles. The Labute approximate surface area is 103 Å². The van der Waals surface area contributed by atoms with Crippen molar-refractivity contribution in [2.45, 2.75) is 19.4 Å². The van der Waals surface area contributed by atoms with E-state index in [4.69, 9.17) is 16.3 Å². The molecule has 0 amide bonds. The number of terminal acetylenes is 1. The van der Waals surface area contributed by atoms with Crippen molar-refractivity contribution in [1.82, 2.24) is 4.98 Å². The summed E-state index contributed by atoms with van der Waals surface area (Å²) in [6.07, 6.45) is 5.19. The lowest BCUT2D eigenvalue weighted by Gasteiger charge is -2.19. The van der Waals surface area contributed by atoms with Gasteiger partial charge in [-0.1, -0.05) is 5.92 Å². The lowest BCUT2D eigenvalue weighted by atomic mass is 10.1. The first-order valence-corrected chi connectivity index (χ1v) is 4.82. The van der Waals surface area contributed by atoms with Crippen molar-refractivity contribution in [3.63, 3.8) is 0 Å². The van der Waals surface area contributed by atoms with Gasteiger partial charge in [-0.05, 0) is 19.9 Å². The standard InChI is InChI=1S/C11H10N2O5/c1-4-11(2,3)18-9-8(13(16)17)6-5-7(12-9)10(14)15/h1,5-6H,2-3H3,(H,14,15). The highest BCUT2D eigenvalue weighted by molar-refractivity contribution is 5.85. The number of nitrogens with zero attached hydrogens (tertiary/aromatic N) is 2. The average Bonchev–Trinajstić information content (AvgIpc) is 2.28. The molecule has 1 aromatic rings. The van der Waals surface area contributed by atoms with Crippen LogP contribution in [0.4, 0.5) is 5.69 Å². The first kappa shape index (κ1) is 13.4. The smallest absolute Gasteiger partial charge is 0.354 e. The minimum atomic E-state index is -1.31. The molecule has 0 aromatic carbocycles. The number of carbonyl (C=O) groups is 1. The van der Waals surface area contributed by atoms with Crippen LogP contribution in [0, 0.1) is 22.5 Å². The van der Waals surface area contributed by atoms with Gasteiger partial charge in [0.1, 0.15) is 0 Å². The van der Waals surface area contributed by atoms with E-state index in [9.17, 15) is 14.9 Å². The number of hydrogen-bond donors (Lipinski definition) is 1. The molecule has 7 heteroatoms. The van der Waals surface area contributed by atoms with Gasteiger partial charge in [-0.2, -0.15) is 0 Å². The number of rotatable bonds is 4. The highest BCUT2D eigenvalue weighted by Crippen LogP contribution is 2.27. The Bertz CT molecular complexity index is 545. The third-order valence-electron chi connectivity index (χ3n) is 1.96. The van der Waals surface area contributed by atoms with Crippen LogP contribution in [-0.4, -0.2) is 26.6 Å². The molecule has 0 aliphatic carbocycles. The average molecular weight is 250 g/mol. The zero-order valence-electron chi connectivity index (χ0n) is 9.71. The fourth-order valence-corrected chi connectivity index (χ4v) is 1.04. The van der Waals surface area contributed by atoms with Crippen molar-refractivity contribution in [3.8, 4) is 18.2 Å². The fourth-order valence-electron chi connectivity index (χ4n) is 1.04. The van der Waals surface area contributed by atoms with Crippen LogP contribution in [-0.2, 0) is 0 Å². The number of hydrogen-bond acceptors (Lipinski definition) is 5. The molecule has 1 N–H and O–H groups in total. The van der Waals surface area contributed by atoms with E-state index < -0.39 is 28.1 Å². The van der Waals surface area contributed by atoms with E-state index in [-0.39, 0.29) is 5.69 Å². The molecule has 94 valence electrons. The third-order valence-corrected chi connectivity index (χ3v) is 1.96. The summed E-state index contributed by atoms with van der Waals surface area (Å²) in [6.45, 7) is 3.01. The molecule has 0 bridgehead atoms. The largest absolute Gasteiger partial charge is 0.477 e. The zero-order chi connectivity index (χ0) is 13.9. The Morgan fingerprint density at radius 3 is 2.67 bits per heavy atom. The normalized spacial score (nSPS) is 10.5. The van der Waals surface area contributed by atoms with E-state index in [2.05, 4.69) is 10.9 Å². The maximum absolute atomic E-state index is 10.8. The predicted octanol–water partition coefficient (Wildman–Crippen LogP) is 1.48. The number of aromatic nitrogens is 1. The maximum Gasteiger partial charge on any atom is 0.354 e. The van der Waals surface area contributed by atoms with Crippen LogP contribution in [0.15, 0.2) is 12.1 Å². The van der Waals surface area contributed by atoms with Gasteiger partial charge in [0.25, 0.3) is 5.88 Å². The minimum absolute atomic E-state index is 0.358. The van der Waals surface area contributed by atoms with E-state index >= 15 is 0 Å². The fraction of sp³-hybridized carbons (Fsp3) is 0.273. The van der Waals surface area contributed by atoms with Crippen LogP contribution in [0.2, 0.25) is 0 Å².